The Kier molecular flexibility index (Phi) is 3.31. The Bertz CT molecular complexity index is 350. The first-order valence-electron chi connectivity index (χ1n) is 4.11. The maximum atomic E-state index is 12.8. The van der Waals surface area contributed by atoms with E-state index in [1.54, 1.807) is 0 Å². The molecule has 15 heavy (non-hydrogen) atoms. The molecule has 0 radical (unpaired) electrons. The first-order valence-corrected chi connectivity index (χ1v) is 4.11. The second-order valence-electron chi connectivity index (χ2n) is 2.99. The van der Waals surface area contributed by atoms with Gasteiger partial charge in [0, 0.05) is 6.54 Å². The summed E-state index contributed by atoms with van der Waals surface area (Å²) >= 11 is 0. The van der Waals surface area contributed by atoms with Crippen LogP contribution in [0.4, 0.5) is 17.6 Å². The lowest BCUT2D eigenvalue weighted by molar-refractivity contribution is -0.140. The normalized spacial score (nSPS) is 14.0. The third-order valence-electron chi connectivity index (χ3n) is 1.90. The average molecular weight is 223 g/mol. The minimum Gasteiger partial charge on any atom is -0.387 e. The number of halogens is 4. The molecule has 0 aliphatic heterocycles. The molecular formula is C9H9F4NO. The van der Waals surface area contributed by atoms with Crippen molar-refractivity contribution in [2.24, 2.45) is 5.73 Å². The molecule has 0 saturated carbocycles. The fourth-order valence-electron chi connectivity index (χ4n) is 1.10. The van der Waals surface area contributed by atoms with E-state index in [2.05, 4.69) is 0 Å². The Morgan fingerprint density at radius 2 is 1.93 bits per heavy atom. The van der Waals surface area contributed by atoms with Crippen molar-refractivity contribution in [2.45, 2.75) is 12.3 Å². The van der Waals surface area contributed by atoms with Crippen LogP contribution in [0.3, 0.4) is 0 Å². The van der Waals surface area contributed by atoms with Crippen LogP contribution in [0.25, 0.3) is 0 Å². The van der Waals surface area contributed by atoms with Gasteiger partial charge in [-0.25, -0.2) is 4.39 Å². The van der Waals surface area contributed by atoms with E-state index in [0.29, 0.717) is 12.1 Å². The summed E-state index contributed by atoms with van der Waals surface area (Å²) in [6.45, 7) is -0.219. The number of rotatable bonds is 2. The molecule has 3 N–H and O–H groups in total. The van der Waals surface area contributed by atoms with E-state index in [9.17, 15) is 22.7 Å². The van der Waals surface area contributed by atoms with Crippen LogP contribution < -0.4 is 5.73 Å². The van der Waals surface area contributed by atoms with Gasteiger partial charge >= 0.3 is 6.18 Å². The van der Waals surface area contributed by atoms with Gasteiger partial charge in [-0.1, -0.05) is 6.07 Å². The van der Waals surface area contributed by atoms with E-state index in [1.165, 1.54) is 0 Å². The lowest BCUT2D eigenvalue weighted by Gasteiger charge is -2.12. The Labute approximate surface area is 83.3 Å². The monoisotopic (exact) mass is 223 g/mol. The highest BCUT2D eigenvalue weighted by molar-refractivity contribution is 5.28. The zero-order valence-electron chi connectivity index (χ0n) is 7.55. The molecule has 0 aromatic heterocycles. The number of aliphatic hydroxyl groups is 1. The lowest BCUT2D eigenvalue weighted by Crippen LogP contribution is -2.14. The summed E-state index contributed by atoms with van der Waals surface area (Å²) < 4.78 is 49.5. The SMILES string of the molecule is NC[C@@H](O)c1ccc(F)c(C(F)(F)F)c1. The van der Waals surface area contributed by atoms with Crippen LogP contribution in [0.15, 0.2) is 18.2 Å². The van der Waals surface area contributed by atoms with Crippen molar-refractivity contribution in [2.75, 3.05) is 6.54 Å². The molecule has 6 heteroatoms. The number of alkyl halides is 3. The molecule has 2 nitrogen and oxygen atoms in total. The molecule has 1 aromatic rings. The fourth-order valence-corrected chi connectivity index (χ4v) is 1.10. The predicted molar refractivity (Wildman–Crippen MR) is 45.4 cm³/mol. The summed E-state index contributed by atoms with van der Waals surface area (Å²) in [5, 5.41) is 9.20. The first-order chi connectivity index (χ1) is 6.86. The number of aliphatic hydroxyl groups excluding tert-OH is 1. The number of hydrogen-bond donors (Lipinski definition) is 2. The highest BCUT2D eigenvalue weighted by Gasteiger charge is 2.34. The van der Waals surface area contributed by atoms with Crippen molar-refractivity contribution in [1.82, 2.24) is 0 Å². The van der Waals surface area contributed by atoms with Gasteiger partial charge in [0.15, 0.2) is 0 Å². The Morgan fingerprint density at radius 1 is 1.33 bits per heavy atom. The van der Waals surface area contributed by atoms with Crippen molar-refractivity contribution in [3.63, 3.8) is 0 Å². The molecule has 0 amide bonds. The van der Waals surface area contributed by atoms with Crippen LogP contribution in [0.2, 0.25) is 0 Å². The van der Waals surface area contributed by atoms with Gasteiger partial charge in [-0.05, 0) is 17.7 Å². The quantitative estimate of drug-likeness (QED) is 0.751. The Hall–Kier alpha value is -1.14. The minimum atomic E-state index is -4.77. The zero-order valence-corrected chi connectivity index (χ0v) is 7.55. The van der Waals surface area contributed by atoms with Crippen molar-refractivity contribution >= 4 is 0 Å². The number of nitrogens with two attached hydrogens (primary N) is 1. The molecule has 1 rings (SSSR count). The highest BCUT2D eigenvalue weighted by atomic mass is 19.4. The van der Waals surface area contributed by atoms with Gasteiger partial charge in [-0.15, -0.1) is 0 Å². The average Bonchev–Trinajstić information content (AvgIpc) is 2.15. The van der Waals surface area contributed by atoms with Crippen molar-refractivity contribution < 1.29 is 22.7 Å². The van der Waals surface area contributed by atoms with E-state index in [4.69, 9.17) is 5.73 Å². The van der Waals surface area contributed by atoms with Crippen LogP contribution in [0.1, 0.15) is 17.2 Å². The first kappa shape index (κ1) is 11.9. The Morgan fingerprint density at radius 3 is 2.40 bits per heavy atom. The summed E-state index contributed by atoms with van der Waals surface area (Å²) in [5.41, 5.74) is 3.63. The second kappa shape index (κ2) is 4.16. The van der Waals surface area contributed by atoms with E-state index in [1.807, 2.05) is 0 Å². The molecule has 0 spiro atoms. The van der Waals surface area contributed by atoms with E-state index in [-0.39, 0.29) is 12.1 Å². The molecule has 0 unspecified atom stereocenters. The maximum Gasteiger partial charge on any atom is 0.419 e. The van der Waals surface area contributed by atoms with E-state index >= 15 is 0 Å². The fraction of sp³-hybridized carbons (Fsp3) is 0.333. The van der Waals surface area contributed by atoms with Crippen molar-refractivity contribution in [3.8, 4) is 0 Å². The topological polar surface area (TPSA) is 46.2 Å². The summed E-state index contributed by atoms with van der Waals surface area (Å²) in [6, 6.07) is 2.30. The summed E-state index contributed by atoms with van der Waals surface area (Å²) in [7, 11) is 0. The van der Waals surface area contributed by atoms with Gasteiger partial charge in [-0.2, -0.15) is 13.2 Å². The minimum absolute atomic E-state index is 0.0498. The molecule has 0 bridgehead atoms. The van der Waals surface area contributed by atoms with Gasteiger partial charge in [0.05, 0.1) is 11.7 Å². The third-order valence-corrected chi connectivity index (χ3v) is 1.90. The van der Waals surface area contributed by atoms with Gasteiger partial charge in [0.1, 0.15) is 5.82 Å². The van der Waals surface area contributed by atoms with E-state index < -0.39 is 23.7 Å². The largest absolute Gasteiger partial charge is 0.419 e. The summed E-state index contributed by atoms with van der Waals surface area (Å²) in [5.74, 6) is -1.37. The van der Waals surface area contributed by atoms with Crippen LogP contribution in [-0.2, 0) is 6.18 Å². The van der Waals surface area contributed by atoms with Gasteiger partial charge in [-0.3, -0.25) is 0 Å². The van der Waals surface area contributed by atoms with Crippen LogP contribution in [0.5, 0.6) is 0 Å². The van der Waals surface area contributed by atoms with Gasteiger partial charge in [0.2, 0.25) is 0 Å². The van der Waals surface area contributed by atoms with Gasteiger partial charge in [0.25, 0.3) is 0 Å². The molecule has 0 aliphatic rings. The molecule has 0 saturated heterocycles. The van der Waals surface area contributed by atoms with Crippen LogP contribution in [-0.4, -0.2) is 11.7 Å². The third kappa shape index (κ3) is 2.66. The molecule has 0 heterocycles. The lowest BCUT2D eigenvalue weighted by atomic mass is 10.1. The highest BCUT2D eigenvalue weighted by Crippen LogP contribution is 2.32. The predicted octanol–water partition coefficient (Wildman–Crippen LogP) is 1.84. The molecule has 1 atom stereocenters. The summed E-state index contributed by atoms with van der Waals surface area (Å²) in [4.78, 5) is 0. The molecule has 1 aromatic carbocycles. The van der Waals surface area contributed by atoms with Gasteiger partial charge < -0.3 is 10.8 Å². The van der Waals surface area contributed by atoms with Crippen molar-refractivity contribution in [1.29, 1.82) is 0 Å². The number of benzene rings is 1. The maximum absolute atomic E-state index is 12.8. The van der Waals surface area contributed by atoms with Crippen molar-refractivity contribution in [3.05, 3.63) is 35.1 Å². The molecule has 84 valence electrons. The molecular weight excluding hydrogens is 214 g/mol. The smallest absolute Gasteiger partial charge is 0.387 e. The second-order valence-corrected chi connectivity index (χ2v) is 2.99. The van der Waals surface area contributed by atoms with Crippen LogP contribution >= 0.6 is 0 Å². The standard InChI is InChI=1S/C9H9F4NO/c10-7-2-1-5(8(15)4-14)3-6(7)9(11,12)13/h1-3,8,15H,4,14H2/t8-/m1/s1. The van der Waals surface area contributed by atoms with Crippen LogP contribution in [0, 0.1) is 5.82 Å². The molecule has 0 aliphatic carbocycles. The molecule has 0 fully saturated rings. The summed E-state index contributed by atoms with van der Waals surface area (Å²) in [6.07, 6.45) is -5.99. The zero-order chi connectivity index (χ0) is 11.6. The number of hydrogen-bond acceptors (Lipinski definition) is 2. The van der Waals surface area contributed by atoms with E-state index in [0.717, 1.165) is 6.07 Å². The Balaban J connectivity index is 3.17.